The van der Waals surface area contributed by atoms with E-state index in [4.69, 9.17) is 0 Å². The molecule has 0 aromatic heterocycles. The zero-order valence-electron chi connectivity index (χ0n) is 17.6. The first kappa shape index (κ1) is 20.9. The molecule has 0 unspecified atom stereocenters. The summed E-state index contributed by atoms with van der Waals surface area (Å²) in [6, 6.07) is 7.30. The molecule has 0 nitrogen and oxygen atoms in total. The lowest BCUT2D eigenvalue weighted by atomic mass is 9.75. The molecule has 0 bridgehead atoms. The quantitative estimate of drug-likeness (QED) is 0.380. The predicted octanol–water partition coefficient (Wildman–Crippen LogP) is 8.66. The highest BCUT2D eigenvalue weighted by Crippen LogP contribution is 2.39. The average Bonchev–Trinajstić information content (AvgIpc) is 2.70. The van der Waals surface area contributed by atoms with Crippen molar-refractivity contribution in [2.24, 2.45) is 17.8 Å². The fourth-order valence-corrected chi connectivity index (χ4v) is 5.73. The van der Waals surface area contributed by atoms with Crippen LogP contribution in [0.4, 0.5) is 4.39 Å². The van der Waals surface area contributed by atoms with Gasteiger partial charge in [-0.3, -0.25) is 0 Å². The van der Waals surface area contributed by atoms with E-state index in [0.29, 0.717) is 5.92 Å². The summed E-state index contributed by atoms with van der Waals surface area (Å²) in [5.74, 6) is 3.52. The molecule has 1 aromatic rings. The van der Waals surface area contributed by atoms with E-state index in [2.05, 4.69) is 13.0 Å². The van der Waals surface area contributed by atoms with Crippen molar-refractivity contribution in [1.29, 1.82) is 0 Å². The van der Waals surface area contributed by atoms with Crippen molar-refractivity contribution in [2.75, 3.05) is 0 Å². The molecule has 0 amide bonds. The van der Waals surface area contributed by atoms with Crippen molar-refractivity contribution < 1.29 is 4.39 Å². The van der Waals surface area contributed by atoms with Gasteiger partial charge in [-0.25, -0.2) is 4.39 Å². The zero-order valence-corrected chi connectivity index (χ0v) is 17.6. The lowest BCUT2D eigenvalue weighted by Gasteiger charge is -2.31. The van der Waals surface area contributed by atoms with Crippen LogP contribution in [-0.2, 0) is 0 Å². The van der Waals surface area contributed by atoms with E-state index in [1.807, 2.05) is 6.07 Å². The van der Waals surface area contributed by atoms with Crippen LogP contribution in [0.3, 0.4) is 0 Å². The Hall–Kier alpha value is -0.850. The Morgan fingerprint density at radius 1 is 0.741 bits per heavy atom. The second-order valence-electron chi connectivity index (χ2n) is 9.59. The van der Waals surface area contributed by atoms with Gasteiger partial charge in [0.2, 0.25) is 0 Å². The molecule has 0 saturated heterocycles. The van der Waals surface area contributed by atoms with Gasteiger partial charge in [0.25, 0.3) is 0 Å². The third kappa shape index (κ3) is 6.91. The van der Waals surface area contributed by atoms with E-state index in [1.165, 1.54) is 102 Å². The molecule has 152 valence electrons. The third-order valence-electron chi connectivity index (χ3n) is 7.57. The van der Waals surface area contributed by atoms with E-state index in [0.717, 1.165) is 17.8 Å². The molecule has 2 aliphatic carbocycles. The van der Waals surface area contributed by atoms with Gasteiger partial charge in [-0.2, -0.15) is 0 Å². The minimum absolute atomic E-state index is 0.0743. The standard InChI is InChI=1S/C26H41F/c1-2-3-4-7-21-12-14-22(15-13-21)8-5-9-23-16-18-24(19-17-23)25-10-6-11-26(27)20-25/h6,10-11,20-24H,2-5,7-9,12-19H2,1H3. The van der Waals surface area contributed by atoms with E-state index in [-0.39, 0.29) is 5.82 Å². The summed E-state index contributed by atoms with van der Waals surface area (Å²) in [5, 5.41) is 0. The van der Waals surface area contributed by atoms with Gasteiger partial charge in [0.15, 0.2) is 0 Å². The lowest BCUT2D eigenvalue weighted by Crippen LogP contribution is -2.16. The number of unbranched alkanes of at least 4 members (excludes halogenated alkanes) is 2. The molecule has 0 heterocycles. The van der Waals surface area contributed by atoms with Crippen LogP contribution in [0.25, 0.3) is 0 Å². The Bertz CT molecular complexity index is 521. The largest absolute Gasteiger partial charge is 0.207 e. The van der Waals surface area contributed by atoms with Crippen molar-refractivity contribution in [3.63, 3.8) is 0 Å². The number of benzene rings is 1. The van der Waals surface area contributed by atoms with Crippen LogP contribution in [0.1, 0.15) is 115 Å². The number of hydrogen-bond donors (Lipinski definition) is 0. The molecule has 2 fully saturated rings. The summed E-state index contributed by atoms with van der Waals surface area (Å²) >= 11 is 0. The van der Waals surface area contributed by atoms with Crippen LogP contribution in [-0.4, -0.2) is 0 Å². The first-order valence-electron chi connectivity index (χ1n) is 12.0. The Labute approximate surface area is 167 Å². The topological polar surface area (TPSA) is 0 Å². The van der Waals surface area contributed by atoms with Gasteiger partial charge in [0.05, 0.1) is 0 Å². The molecule has 1 aromatic carbocycles. The summed E-state index contributed by atoms with van der Waals surface area (Å²) in [7, 11) is 0. The molecule has 0 aliphatic heterocycles. The first-order chi connectivity index (χ1) is 13.2. The fourth-order valence-electron chi connectivity index (χ4n) is 5.73. The highest BCUT2D eigenvalue weighted by Gasteiger charge is 2.24. The zero-order chi connectivity index (χ0) is 18.9. The minimum atomic E-state index is -0.0743. The Morgan fingerprint density at radius 3 is 1.85 bits per heavy atom. The van der Waals surface area contributed by atoms with Crippen LogP contribution in [0.2, 0.25) is 0 Å². The summed E-state index contributed by atoms with van der Waals surface area (Å²) in [4.78, 5) is 0. The van der Waals surface area contributed by atoms with E-state index in [9.17, 15) is 4.39 Å². The average molecular weight is 373 g/mol. The van der Waals surface area contributed by atoms with Crippen molar-refractivity contribution >= 4 is 0 Å². The molecule has 1 heteroatoms. The van der Waals surface area contributed by atoms with Gasteiger partial charge in [-0.05, 0) is 67.1 Å². The summed E-state index contributed by atoms with van der Waals surface area (Å²) in [6.45, 7) is 2.31. The number of rotatable bonds is 9. The van der Waals surface area contributed by atoms with Crippen LogP contribution in [0.15, 0.2) is 24.3 Å². The maximum atomic E-state index is 13.4. The monoisotopic (exact) mass is 372 g/mol. The molecule has 0 atom stereocenters. The van der Waals surface area contributed by atoms with Crippen molar-refractivity contribution in [1.82, 2.24) is 0 Å². The molecule has 0 N–H and O–H groups in total. The number of hydrogen-bond acceptors (Lipinski definition) is 0. The molecular weight excluding hydrogens is 331 g/mol. The smallest absolute Gasteiger partial charge is 0.123 e. The van der Waals surface area contributed by atoms with E-state index < -0.39 is 0 Å². The van der Waals surface area contributed by atoms with Gasteiger partial charge >= 0.3 is 0 Å². The number of halogens is 1. The summed E-state index contributed by atoms with van der Waals surface area (Å²) < 4.78 is 13.4. The molecule has 0 radical (unpaired) electrons. The summed E-state index contributed by atoms with van der Waals surface area (Å²) in [5.41, 5.74) is 1.23. The van der Waals surface area contributed by atoms with Gasteiger partial charge in [0, 0.05) is 0 Å². The van der Waals surface area contributed by atoms with Crippen molar-refractivity contribution in [2.45, 2.75) is 109 Å². The van der Waals surface area contributed by atoms with E-state index in [1.54, 1.807) is 12.1 Å². The van der Waals surface area contributed by atoms with Gasteiger partial charge in [0.1, 0.15) is 5.82 Å². The Morgan fingerprint density at radius 2 is 1.30 bits per heavy atom. The third-order valence-corrected chi connectivity index (χ3v) is 7.57. The van der Waals surface area contributed by atoms with Gasteiger partial charge in [-0.15, -0.1) is 0 Å². The molecule has 3 rings (SSSR count). The van der Waals surface area contributed by atoms with Crippen LogP contribution in [0.5, 0.6) is 0 Å². The SMILES string of the molecule is CCCCCC1CCC(CCCC2CCC(c3cccc(F)c3)CC2)CC1. The highest BCUT2D eigenvalue weighted by atomic mass is 19.1. The van der Waals surface area contributed by atoms with Gasteiger partial charge < -0.3 is 0 Å². The first-order valence-corrected chi connectivity index (χ1v) is 12.0. The summed E-state index contributed by atoms with van der Waals surface area (Å²) in [6.07, 6.45) is 21.4. The molecule has 2 saturated carbocycles. The molecular formula is C26H41F. The molecule has 2 aliphatic rings. The molecule has 27 heavy (non-hydrogen) atoms. The minimum Gasteiger partial charge on any atom is -0.207 e. The van der Waals surface area contributed by atoms with Crippen molar-refractivity contribution in [3.05, 3.63) is 35.6 Å². The Balaban J connectivity index is 1.27. The second kappa shape index (κ2) is 11.2. The Kier molecular flexibility index (Phi) is 8.68. The normalized spacial score (nSPS) is 29.0. The van der Waals surface area contributed by atoms with E-state index >= 15 is 0 Å². The second-order valence-corrected chi connectivity index (χ2v) is 9.59. The van der Waals surface area contributed by atoms with Crippen molar-refractivity contribution in [3.8, 4) is 0 Å². The predicted molar refractivity (Wildman–Crippen MR) is 115 cm³/mol. The van der Waals surface area contributed by atoms with Crippen LogP contribution >= 0.6 is 0 Å². The van der Waals surface area contributed by atoms with Crippen LogP contribution in [0, 0.1) is 23.6 Å². The maximum absolute atomic E-state index is 13.4. The fraction of sp³-hybridized carbons (Fsp3) is 0.769. The lowest BCUT2D eigenvalue weighted by molar-refractivity contribution is 0.234. The maximum Gasteiger partial charge on any atom is 0.123 e. The highest BCUT2D eigenvalue weighted by molar-refractivity contribution is 5.21. The van der Waals surface area contributed by atoms with Gasteiger partial charge in [-0.1, -0.05) is 89.7 Å². The van der Waals surface area contributed by atoms with Crippen LogP contribution < -0.4 is 0 Å². The molecule has 0 spiro atoms.